The molecule has 2 amide bonds. The topological polar surface area (TPSA) is 116 Å². The van der Waals surface area contributed by atoms with Crippen molar-refractivity contribution in [3.05, 3.63) is 64.6 Å². The van der Waals surface area contributed by atoms with Crippen molar-refractivity contribution in [1.82, 2.24) is 23.9 Å². The third kappa shape index (κ3) is 4.71. The Labute approximate surface area is 197 Å². The summed E-state index contributed by atoms with van der Waals surface area (Å²) in [5.41, 5.74) is 2.00. The Morgan fingerprint density at radius 2 is 1.68 bits per heavy atom. The van der Waals surface area contributed by atoms with Gasteiger partial charge in [-0.15, -0.1) is 10.2 Å². The number of nitrogens with one attached hydrogen (secondary N) is 2. The fraction of sp³-hybridized carbons (Fsp3) is 0.227. The van der Waals surface area contributed by atoms with Gasteiger partial charge in [-0.25, -0.2) is 9.18 Å². The van der Waals surface area contributed by atoms with E-state index in [0.717, 1.165) is 5.52 Å². The van der Waals surface area contributed by atoms with Crippen LogP contribution in [-0.4, -0.2) is 41.5 Å². The Kier molecular flexibility index (Phi) is 6.50. The van der Waals surface area contributed by atoms with Gasteiger partial charge in [0.15, 0.2) is 5.16 Å². The molecule has 0 unspecified atom stereocenters. The molecular formula is C22H22FN7O3S. The molecule has 176 valence electrons. The third-order valence-corrected chi connectivity index (χ3v) is 6.30. The van der Waals surface area contributed by atoms with Gasteiger partial charge in [0.1, 0.15) is 11.6 Å². The van der Waals surface area contributed by atoms with Crippen molar-refractivity contribution in [2.24, 2.45) is 21.1 Å². The summed E-state index contributed by atoms with van der Waals surface area (Å²) in [7, 11) is 5.06. The zero-order chi connectivity index (χ0) is 24.4. The van der Waals surface area contributed by atoms with E-state index in [1.807, 2.05) is 0 Å². The smallest absolute Gasteiger partial charge is 0.325 e. The summed E-state index contributed by atoms with van der Waals surface area (Å²) in [6.07, 6.45) is -0.0968. The second kappa shape index (κ2) is 9.51. The van der Waals surface area contributed by atoms with E-state index in [0.29, 0.717) is 22.2 Å². The molecule has 0 spiro atoms. The zero-order valence-electron chi connectivity index (χ0n) is 18.7. The molecular weight excluding hydrogens is 461 g/mol. The minimum absolute atomic E-state index is 0.0686. The lowest BCUT2D eigenvalue weighted by atomic mass is 10.2. The summed E-state index contributed by atoms with van der Waals surface area (Å²) < 4.78 is 18.4. The van der Waals surface area contributed by atoms with Gasteiger partial charge in [-0.1, -0.05) is 23.9 Å². The number of aromatic nitrogens is 5. The van der Waals surface area contributed by atoms with Crippen LogP contribution in [0.1, 0.15) is 5.82 Å². The highest BCUT2D eigenvalue weighted by atomic mass is 32.2. The zero-order valence-corrected chi connectivity index (χ0v) is 19.5. The molecule has 0 aliphatic heterocycles. The van der Waals surface area contributed by atoms with Crippen LogP contribution < -0.4 is 16.3 Å². The number of hydrogen-bond donors (Lipinski definition) is 2. The third-order valence-electron chi connectivity index (χ3n) is 5.28. The Morgan fingerprint density at radius 1 is 0.941 bits per heavy atom. The monoisotopic (exact) mass is 483 g/mol. The van der Waals surface area contributed by atoms with Crippen LogP contribution in [0.4, 0.5) is 15.8 Å². The van der Waals surface area contributed by atoms with E-state index in [9.17, 15) is 18.8 Å². The van der Waals surface area contributed by atoms with Gasteiger partial charge in [0.2, 0.25) is 11.8 Å². The maximum Gasteiger partial charge on any atom is 0.328 e. The number of hydrogen-bond acceptors (Lipinski definition) is 6. The van der Waals surface area contributed by atoms with E-state index < -0.39 is 11.7 Å². The lowest BCUT2D eigenvalue weighted by Gasteiger charge is -2.07. The molecule has 0 fully saturated rings. The number of benzene rings is 2. The van der Waals surface area contributed by atoms with Crippen molar-refractivity contribution in [2.45, 2.75) is 11.6 Å². The van der Waals surface area contributed by atoms with E-state index in [-0.39, 0.29) is 29.5 Å². The first kappa shape index (κ1) is 23.2. The summed E-state index contributed by atoms with van der Waals surface area (Å²) in [6, 6.07) is 11.2. The summed E-state index contributed by atoms with van der Waals surface area (Å²) in [6.45, 7) is 0. The number of aryl methyl sites for hydroxylation is 2. The van der Waals surface area contributed by atoms with Crippen molar-refractivity contribution in [1.29, 1.82) is 0 Å². The van der Waals surface area contributed by atoms with Crippen molar-refractivity contribution >= 4 is 46.0 Å². The molecule has 2 aromatic carbocycles. The summed E-state index contributed by atoms with van der Waals surface area (Å²) >= 11 is 1.17. The predicted octanol–water partition coefficient (Wildman–Crippen LogP) is 2.06. The van der Waals surface area contributed by atoms with Crippen LogP contribution in [0.15, 0.2) is 52.4 Å². The van der Waals surface area contributed by atoms with Crippen LogP contribution in [-0.2, 0) is 37.2 Å². The molecule has 2 heterocycles. The average molecular weight is 484 g/mol. The second-order valence-corrected chi connectivity index (χ2v) is 8.55. The number of amides is 2. The lowest BCUT2D eigenvalue weighted by Crippen LogP contribution is -2.19. The number of carbonyl (C=O) groups excluding carboxylic acids is 2. The van der Waals surface area contributed by atoms with Gasteiger partial charge in [-0.2, -0.15) is 0 Å². The fourth-order valence-corrected chi connectivity index (χ4v) is 4.17. The lowest BCUT2D eigenvalue weighted by molar-refractivity contribution is -0.116. The first-order valence-electron chi connectivity index (χ1n) is 10.3. The second-order valence-electron chi connectivity index (χ2n) is 7.60. The molecule has 4 rings (SSSR count). The fourth-order valence-electron chi connectivity index (χ4n) is 3.44. The van der Waals surface area contributed by atoms with Crippen molar-refractivity contribution in [3.63, 3.8) is 0 Å². The molecule has 0 saturated heterocycles. The molecule has 34 heavy (non-hydrogen) atoms. The molecule has 0 saturated carbocycles. The van der Waals surface area contributed by atoms with E-state index in [2.05, 4.69) is 20.8 Å². The Balaban J connectivity index is 1.35. The summed E-state index contributed by atoms with van der Waals surface area (Å²) in [5.74, 6) is -0.760. The van der Waals surface area contributed by atoms with E-state index in [1.165, 1.54) is 34.5 Å². The highest BCUT2D eigenvalue weighted by Gasteiger charge is 2.16. The molecule has 0 bridgehead atoms. The summed E-state index contributed by atoms with van der Waals surface area (Å²) in [5, 5.41) is 13.8. The highest BCUT2D eigenvalue weighted by molar-refractivity contribution is 7.99. The average Bonchev–Trinajstić information content (AvgIpc) is 3.26. The molecule has 2 aromatic heterocycles. The number of thioether (sulfide) groups is 1. The number of para-hydroxylation sites is 1. The quantitative estimate of drug-likeness (QED) is 0.389. The molecule has 12 heteroatoms. The predicted molar refractivity (Wildman–Crippen MR) is 127 cm³/mol. The maximum atomic E-state index is 13.7. The van der Waals surface area contributed by atoms with Gasteiger partial charge in [-0.3, -0.25) is 18.7 Å². The van der Waals surface area contributed by atoms with Crippen molar-refractivity contribution in [3.8, 4) is 0 Å². The highest BCUT2D eigenvalue weighted by Crippen LogP contribution is 2.20. The normalized spacial score (nSPS) is 11.1. The number of anilines is 2. The van der Waals surface area contributed by atoms with Crippen LogP contribution >= 0.6 is 11.8 Å². The van der Waals surface area contributed by atoms with Crippen LogP contribution in [0.2, 0.25) is 0 Å². The molecule has 2 N–H and O–H groups in total. The largest absolute Gasteiger partial charge is 0.328 e. The van der Waals surface area contributed by atoms with Gasteiger partial charge in [-0.05, 0) is 30.3 Å². The SMILES string of the molecule is Cn1c(CC(=O)Nc2ccccc2F)nnc1SCC(=O)Nc1ccc2c(c1)n(C)c(=O)n2C. The Morgan fingerprint density at radius 3 is 2.44 bits per heavy atom. The van der Waals surface area contributed by atoms with Gasteiger partial charge < -0.3 is 15.2 Å². The van der Waals surface area contributed by atoms with Gasteiger partial charge in [0.25, 0.3) is 0 Å². The molecule has 0 atom stereocenters. The van der Waals surface area contributed by atoms with Crippen molar-refractivity contribution in [2.75, 3.05) is 16.4 Å². The Hall–Kier alpha value is -3.93. The minimum atomic E-state index is -0.523. The molecule has 10 nitrogen and oxygen atoms in total. The van der Waals surface area contributed by atoms with Crippen LogP contribution in [0.5, 0.6) is 0 Å². The molecule has 0 radical (unpaired) electrons. The molecule has 0 aliphatic rings. The van der Waals surface area contributed by atoms with Gasteiger partial charge >= 0.3 is 5.69 Å². The first-order chi connectivity index (χ1) is 16.2. The molecule has 0 aliphatic carbocycles. The molecule has 4 aromatic rings. The van der Waals surface area contributed by atoms with Gasteiger partial charge in [0.05, 0.1) is 28.9 Å². The van der Waals surface area contributed by atoms with E-state index in [4.69, 9.17) is 0 Å². The van der Waals surface area contributed by atoms with Gasteiger partial charge in [0, 0.05) is 26.8 Å². The summed E-state index contributed by atoms with van der Waals surface area (Å²) in [4.78, 5) is 36.8. The standard InChI is InChI=1S/C22H22FN7O3S/c1-28-16-9-8-13(10-17(16)29(2)22(28)33)24-20(32)12-34-21-27-26-18(30(21)3)11-19(31)25-15-7-5-4-6-14(15)23/h4-10H,11-12H2,1-3H3,(H,24,32)(H,25,31). The van der Waals surface area contributed by atoms with E-state index >= 15 is 0 Å². The van der Waals surface area contributed by atoms with Crippen LogP contribution in [0, 0.1) is 5.82 Å². The van der Waals surface area contributed by atoms with E-state index in [1.54, 1.807) is 54.5 Å². The van der Waals surface area contributed by atoms with Crippen LogP contribution in [0.3, 0.4) is 0 Å². The first-order valence-corrected chi connectivity index (χ1v) is 11.2. The minimum Gasteiger partial charge on any atom is -0.325 e. The number of rotatable bonds is 7. The number of nitrogens with zero attached hydrogens (tertiary/aromatic N) is 5. The van der Waals surface area contributed by atoms with Crippen molar-refractivity contribution < 1.29 is 14.0 Å². The van der Waals surface area contributed by atoms with Crippen LogP contribution in [0.25, 0.3) is 11.0 Å². The number of fused-ring (bicyclic) bond motifs is 1. The number of imidazole rings is 1. The Bertz CT molecular complexity index is 1460. The maximum absolute atomic E-state index is 13.7. The number of carbonyl (C=O) groups is 2. The number of halogens is 1.